The summed E-state index contributed by atoms with van der Waals surface area (Å²) >= 11 is 1.04. The van der Waals surface area contributed by atoms with E-state index < -0.39 is 10.0 Å². The number of sulfonamides is 1. The predicted molar refractivity (Wildman–Crippen MR) is 119 cm³/mol. The maximum absolute atomic E-state index is 13.1. The fourth-order valence-electron chi connectivity index (χ4n) is 4.64. The molecule has 3 heterocycles. The number of aromatic nitrogens is 1. The molecular formula is C22H25N3O3S2. The Balaban J connectivity index is 1.22. The van der Waals surface area contributed by atoms with Gasteiger partial charge in [-0.15, -0.1) is 0 Å². The van der Waals surface area contributed by atoms with Crippen LogP contribution < -0.4 is 4.87 Å². The average molecular weight is 444 g/mol. The van der Waals surface area contributed by atoms with Crippen molar-refractivity contribution in [3.8, 4) is 0 Å². The second-order valence-electron chi connectivity index (χ2n) is 8.27. The van der Waals surface area contributed by atoms with Crippen molar-refractivity contribution >= 4 is 31.6 Å². The van der Waals surface area contributed by atoms with E-state index in [1.54, 1.807) is 22.5 Å². The number of H-pyrrole nitrogens is 1. The summed E-state index contributed by atoms with van der Waals surface area (Å²) < 4.78 is 28.5. The molecule has 0 spiro atoms. The minimum absolute atomic E-state index is 0.166. The van der Waals surface area contributed by atoms with Crippen molar-refractivity contribution < 1.29 is 8.42 Å². The minimum atomic E-state index is -3.53. The Hall–Kier alpha value is -2.00. The molecule has 2 aliphatic heterocycles. The van der Waals surface area contributed by atoms with Crippen LogP contribution in [0.15, 0.2) is 52.2 Å². The lowest BCUT2D eigenvalue weighted by Crippen LogP contribution is -2.42. The minimum Gasteiger partial charge on any atom is -0.312 e. The first-order valence-electron chi connectivity index (χ1n) is 10.4. The smallest absolute Gasteiger partial charge is 0.305 e. The first-order valence-corrected chi connectivity index (χ1v) is 12.7. The number of fused-ring (bicyclic) bond motifs is 2. The third kappa shape index (κ3) is 3.85. The summed E-state index contributed by atoms with van der Waals surface area (Å²) in [7, 11) is -3.53. The average Bonchev–Trinajstić information content (AvgIpc) is 3.13. The van der Waals surface area contributed by atoms with E-state index in [2.05, 4.69) is 34.1 Å². The van der Waals surface area contributed by atoms with E-state index >= 15 is 0 Å². The van der Waals surface area contributed by atoms with Gasteiger partial charge in [-0.05, 0) is 54.5 Å². The lowest BCUT2D eigenvalue weighted by atomic mass is 9.94. The number of benzene rings is 2. The van der Waals surface area contributed by atoms with Gasteiger partial charge in [0.1, 0.15) is 0 Å². The molecule has 1 saturated heterocycles. The summed E-state index contributed by atoms with van der Waals surface area (Å²) in [6.45, 7) is 4.21. The van der Waals surface area contributed by atoms with E-state index in [9.17, 15) is 13.2 Å². The van der Waals surface area contributed by atoms with Gasteiger partial charge in [-0.25, -0.2) is 8.42 Å². The van der Waals surface area contributed by atoms with Gasteiger partial charge in [0.2, 0.25) is 10.0 Å². The summed E-state index contributed by atoms with van der Waals surface area (Å²) in [6, 6.07) is 13.5. The van der Waals surface area contributed by atoms with Crippen LogP contribution in [0, 0.1) is 5.92 Å². The molecule has 6 nitrogen and oxygen atoms in total. The van der Waals surface area contributed by atoms with Crippen LogP contribution in [0.25, 0.3) is 10.2 Å². The Morgan fingerprint density at radius 2 is 1.80 bits per heavy atom. The molecule has 1 N–H and O–H groups in total. The number of thiazole rings is 1. The Kier molecular flexibility index (Phi) is 5.26. The monoisotopic (exact) mass is 443 g/mol. The Morgan fingerprint density at radius 1 is 1.03 bits per heavy atom. The topological polar surface area (TPSA) is 73.5 Å². The fourth-order valence-corrected chi connectivity index (χ4v) is 6.99. The Morgan fingerprint density at radius 3 is 2.60 bits per heavy atom. The number of nitrogens with one attached hydrogen (secondary N) is 1. The van der Waals surface area contributed by atoms with E-state index in [-0.39, 0.29) is 9.77 Å². The second kappa shape index (κ2) is 7.92. The third-order valence-corrected chi connectivity index (χ3v) is 9.07. The van der Waals surface area contributed by atoms with Gasteiger partial charge in [0, 0.05) is 32.7 Å². The summed E-state index contributed by atoms with van der Waals surface area (Å²) in [5.74, 6) is 0.527. The quantitative estimate of drug-likeness (QED) is 0.673. The van der Waals surface area contributed by atoms with Crippen molar-refractivity contribution in [1.29, 1.82) is 0 Å². The van der Waals surface area contributed by atoms with Gasteiger partial charge >= 0.3 is 4.87 Å². The molecule has 2 aromatic carbocycles. The van der Waals surface area contributed by atoms with Crippen LogP contribution in [0.5, 0.6) is 0 Å². The molecule has 30 heavy (non-hydrogen) atoms. The standard InChI is InChI=1S/C22H25N3O3S2/c26-22-23-20-6-5-19(13-21(20)29-22)30(27,28)25-11-7-16(8-12-25)14-24-10-9-17-3-1-2-4-18(17)15-24/h1-6,13,16H,7-12,14-15H2,(H,23,26). The SMILES string of the molecule is O=c1[nH]c2ccc(S(=O)(=O)N3CCC(CN4CCc5ccccc5C4)CC3)cc2s1. The molecule has 0 saturated carbocycles. The highest BCUT2D eigenvalue weighted by molar-refractivity contribution is 7.89. The molecule has 3 aromatic rings. The number of rotatable bonds is 4. The molecule has 158 valence electrons. The molecule has 5 rings (SSSR count). The van der Waals surface area contributed by atoms with Gasteiger partial charge in [-0.1, -0.05) is 35.6 Å². The van der Waals surface area contributed by atoms with Gasteiger partial charge in [-0.3, -0.25) is 9.69 Å². The number of nitrogens with zero attached hydrogens (tertiary/aromatic N) is 2. The number of hydrogen-bond donors (Lipinski definition) is 1. The lowest BCUT2D eigenvalue weighted by Gasteiger charge is -2.36. The van der Waals surface area contributed by atoms with E-state index in [0.717, 1.165) is 50.2 Å². The van der Waals surface area contributed by atoms with Crippen LogP contribution >= 0.6 is 11.3 Å². The largest absolute Gasteiger partial charge is 0.312 e. The number of aromatic amines is 1. The molecule has 1 fully saturated rings. The Labute approximate surface area is 180 Å². The molecule has 1 aromatic heterocycles. The normalized spacial score (nSPS) is 19.2. The molecular weight excluding hydrogens is 418 g/mol. The Bertz CT molecular complexity index is 1220. The highest BCUT2D eigenvalue weighted by Crippen LogP contribution is 2.28. The first kappa shape index (κ1) is 19.9. The van der Waals surface area contributed by atoms with E-state index in [4.69, 9.17) is 0 Å². The van der Waals surface area contributed by atoms with E-state index in [1.807, 2.05) is 0 Å². The molecule has 0 atom stereocenters. The highest BCUT2D eigenvalue weighted by atomic mass is 32.2. The van der Waals surface area contributed by atoms with Gasteiger partial charge in [0.05, 0.1) is 15.1 Å². The number of hydrogen-bond acceptors (Lipinski definition) is 5. The second-order valence-corrected chi connectivity index (χ2v) is 11.2. The van der Waals surface area contributed by atoms with Crippen molar-refractivity contribution in [2.24, 2.45) is 5.92 Å². The van der Waals surface area contributed by atoms with Crippen molar-refractivity contribution in [2.75, 3.05) is 26.2 Å². The zero-order valence-corrected chi connectivity index (χ0v) is 18.3. The first-order chi connectivity index (χ1) is 14.5. The summed E-state index contributed by atoms with van der Waals surface area (Å²) in [5, 5.41) is 0. The third-order valence-electron chi connectivity index (χ3n) is 6.33. The molecule has 0 radical (unpaired) electrons. The maximum atomic E-state index is 13.1. The van der Waals surface area contributed by atoms with Crippen molar-refractivity contribution in [3.63, 3.8) is 0 Å². The summed E-state index contributed by atoms with van der Waals surface area (Å²) in [5.41, 5.74) is 3.57. The summed E-state index contributed by atoms with van der Waals surface area (Å²) in [6.07, 6.45) is 2.87. The van der Waals surface area contributed by atoms with Gasteiger partial charge < -0.3 is 4.98 Å². The maximum Gasteiger partial charge on any atom is 0.305 e. The van der Waals surface area contributed by atoms with Crippen LogP contribution in [0.4, 0.5) is 0 Å². The molecule has 0 bridgehead atoms. The van der Waals surface area contributed by atoms with Crippen LogP contribution in [-0.4, -0.2) is 48.8 Å². The van der Waals surface area contributed by atoms with Crippen LogP contribution in [0.2, 0.25) is 0 Å². The van der Waals surface area contributed by atoms with Crippen molar-refractivity contribution in [1.82, 2.24) is 14.2 Å². The zero-order chi connectivity index (χ0) is 20.7. The van der Waals surface area contributed by atoms with Crippen LogP contribution in [-0.2, 0) is 23.0 Å². The van der Waals surface area contributed by atoms with Crippen LogP contribution in [0.3, 0.4) is 0 Å². The predicted octanol–water partition coefficient (Wildman–Crippen LogP) is 3.05. The van der Waals surface area contributed by atoms with Gasteiger partial charge in [0.25, 0.3) is 0 Å². The van der Waals surface area contributed by atoms with Crippen LogP contribution in [0.1, 0.15) is 24.0 Å². The van der Waals surface area contributed by atoms with E-state index in [0.29, 0.717) is 29.2 Å². The lowest BCUT2D eigenvalue weighted by molar-refractivity contribution is 0.171. The molecule has 0 unspecified atom stereocenters. The summed E-state index contributed by atoms with van der Waals surface area (Å²) in [4.78, 5) is 16.9. The molecule has 8 heteroatoms. The molecule has 2 aliphatic rings. The zero-order valence-electron chi connectivity index (χ0n) is 16.7. The van der Waals surface area contributed by atoms with Crippen molar-refractivity contribution in [2.45, 2.75) is 30.7 Å². The van der Waals surface area contributed by atoms with E-state index in [1.165, 1.54) is 11.1 Å². The highest BCUT2D eigenvalue weighted by Gasteiger charge is 2.31. The molecule has 0 amide bonds. The number of piperidine rings is 1. The molecule has 0 aliphatic carbocycles. The fraction of sp³-hybridized carbons (Fsp3) is 0.409. The van der Waals surface area contributed by atoms with Gasteiger partial charge in [0.15, 0.2) is 0 Å². The van der Waals surface area contributed by atoms with Gasteiger partial charge in [-0.2, -0.15) is 4.31 Å². The van der Waals surface area contributed by atoms with Crippen molar-refractivity contribution in [3.05, 3.63) is 63.3 Å².